The summed E-state index contributed by atoms with van der Waals surface area (Å²) in [6, 6.07) is 7.29. The van der Waals surface area contributed by atoms with E-state index in [2.05, 4.69) is 20.4 Å². The van der Waals surface area contributed by atoms with Crippen LogP contribution in [-0.2, 0) is 12.7 Å². The second-order valence-electron chi connectivity index (χ2n) is 9.32. The summed E-state index contributed by atoms with van der Waals surface area (Å²) < 4.78 is 90.3. The number of likely N-dealkylation sites (tertiary alicyclic amines) is 1. The van der Waals surface area contributed by atoms with Crippen molar-refractivity contribution < 1.29 is 35.9 Å². The Balaban J connectivity index is 1.36. The molecule has 1 aromatic carbocycles. The summed E-state index contributed by atoms with van der Waals surface area (Å²) in [4.78, 5) is 22.1. The van der Waals surface area contributed by atoms with Gasteiger partial charge >= 0.3 is 6.18 Å². The maximum absolute atomic E-state index is 15.0. The largest absolute Gasteiger partial charge is 0.454 e. The van der Waals surface area contributed by atoms with E-state index in [0.717, 1.165) is 12.1 Å². The van der Waals surface area contributed by atoms with Crippen LogP contribution in [0.3, 0.4) is 0 Å². The van der Waals surface area contributed by atoms with Gasteiger partial charge in [0.05, 0.1) is 28.9 Å². The van der Waals surface area contributed by atoms with Crippen molar-refractivity contribution in [3.63, 3.8) is 0 Å². The van der Waals surface area contributed by atoms with Crippen molar-refractivity contribution in [1.29, 1.82) is 0 Å². The summed E-state index contributed by atoms with van der Waals surface area (Å²) in [7, 11) is 0. The zero-order valence-corrected chi connectivity index (χ0v) is 22.1. The summed E-state index contributed by atoms with van der Waals surface area (Å²) in [6.45, 7) is -0.375. The van der Waals surface area contributed by atoms with Gasteiger partial charge in [-0.1, -0.05) is 11.6 Å². The van der Waals surface area contributed by atoms with Crippen molar-refractivity contribution in [3.05, 3.63) is 82.6 Å². The van der Waals surface area contributed by atoms with Gasteiger partial charge in [-0.05, 0) is 30.3 Å². The third-order valence-electron chi connectivity index (χ3n) is 6.31. The number of anilines is 2. The van der Waals surface area contributed by atoms with Crippen LogP contribution in [0.2, 0.25) is 5.02 Å². The van der Waals surface area contributed by atoms with Crippen LogP contribution >= 0.6 is 11.6 Å². The number of alkyl halides is 5. The van der Waals surface area contributed by atoms with Crippen molar-refractivity contribution in [2.24, 2.45) is 0 Å². The molecule has 4 heterocycles. The lowest BCUT2D eigenvalue weighted by Crippen LogP contribution is -2.25. The maximum atomic E-state index is 15.0. The predicted octanol–water partition coefficient (Wildman–Crippen LogP) is 5.94. The normalized spacial score (nSPS) is 15.1. The Morgan fingerprint density at radius 3 is 2.60 bits per heavy atom. The lowest BCUT2D eigenvalue weighted by atomic mass is 10.2. The monoisotopic (exact) mass is 611 g/mol. The van der Waals surface area contributed by atoms with Gasteiger partial charge in [0.2, 0.25) is 0 Å². The van der Waals surface area contributed by atoms with E-state index in [9.17, 15) is 26.7 Å². The first-order valence-electron chi connectivity index (χ1n) is 12.2. The highest BCUT2D eigenvalue weighted by atomic mass is 35.5. The molecule has 1 saturated heterocycles. The molecular weight excluding hydrogens is 592 g/mol. The average Bonchev–Trinajstić information content (AvgIpc) is 3.51. The summed E-state index contributed by atoms with van der Waals surface area (Å²) in [5.74, 6) is -5.61. The number of aromatic nitrogens is 4. The molecule has 1 aliphatic rings. The zero-order valence-electron chi connectivity index (χ0n) is 21.3. The standard InChI is InChI=1S/C26H20ClF6N7O2/c27-17-2-1-7-36-23(17)40-21(26(31,32)33)15(11-37-40)24(41)38-14-3-4-20(18(28)10-14)42-19-5-8-35-22(34)16(19)12-39-9-6-25(29,30)13-39/h1-5,7-8,10-11H,6,9,12-13H2,(H2,34,35)(H,38,41). The average molecular weight is 612 g/mol. The highest BCUT2D eigenvalue weighted by Gasteiger charge is 2.41. The molecule has 3 aromatic heterocycles. The predicted molar refractivity (Wildman–Crippen MR) is 139 cm³/mol. The minimum Gasteiger partial charge on any atom is -0.454 e. The molecule has 220 valence electrons. The molecule has 0 spiro atoms. The SMILES string of the molecule is Nc1nccc(Oc2ccc(NC(=O)c3cnn(-c4ncccc4Cl)c3C(F)(F)F)cc2F)c1CN1CCC(F)(F)C1. The van der Waals surface area contributed by atoms with Crippen molar-refractivity contribution in [3.8, 4) is 17.3 Å². The maximum Gasteiger partial charge on any atom is 0.434 e. The van der Waals surface area contributed by atoms with Crippen LogP contribution in [0.4, 0.5) is 37.8 Å². The number of hydrogen-bond donors (Lipinski definition) is 2. The van der Waals surface area contributed by atoms with Crippen LogP contribution in [0.15, 0.2) is 55.0 Å². The van der Waals surface area contributed by atoms with Crippen LogP contribution in [0.1, 0.15) is 28.0 Å². The Morgan fingerprint density at radius 2 is 1.93 bits per heavy atom. The Kier molecular flexibility index (Phi) is 7.72. The van der Waals surface area contributed by atoms with Crippen LogP contribution in [0, 0.1) is 5.82 Å². The van der Waals surface area contributed by atoms with Crippen molar-refractivity contribution in [2.45, 2.75) is 25.1 Å². The Labute approximate surface area is 238 Å². The molecular formula is C26H20ClF6N7O2. The first-order chi connectivity index (χ1) is 19.8. The number of halogens is 7. The van der Waals surface area contributed by atoms with Gasteiger partial charge in [-0.25, -0.2) is 27.8 Å². The molecule has 1 amide bonds. The summed E-state index contributed by atoms with van der Waals surface area (Å²) >= 11 is 5.97. The quantitative estimate of drug-likeness (QED) is 0.249. The van der Waals surface area contributed by atoms with E-state index in [1.54, 1.807) is 0 Å². The molecule has 0 saturated carbocycles. The highest BCUT2D eigenvalue weighted by Crippen LogP contribution is 2.36. The molecule has 0 radical (unpaired) electrons. The molecule has 0 atom stereocenters. The number of nitrogens with two attached hydrogens (primary N) is 1. The number of carbonyl (C=O) groups is 1. The molecule has 5 rings (SSSR count). The lowest BCUT2D eigenvalue weighted by molar-refractivity contribution is -0.143. The van der Waals surface area contributed by atoms with E-state index in [1.165, 1.54) is 41.6 Å². The minimum absolute atomic E-state index is 0.0139. The van der Waals surface area contributed by atoms with Gasteiger partial charge in [0, 0.05) is 43.7 Å². The van der Waals surface area contributed by atoms with Gasteiger partial charge in [0.15, 0.2) is 23.1 Å². The number of nitrogens with zero attached hydrogens (tertiary/aromatic N) is 5. The van der Waals surface area contributed by atoms with Crippen molar-refractivity contribution in [1.82, 2.24) is 24.6 Å². The second kappa shape index (κ2) is 11.1. The fourth-order valence-electron chi connectivity index (χ4n) is 4.37. The van der Waals surface area contributed by atoms with Crippen LogP contribution < -0.4 is 15.8 Å². The zero-order chi connectivity index (χ0) is 30.2. The van der Waals surface area contributed by atoms with Gasteiger partial charge in [0.1, 0.15) is 11.6 Å². The van der Waals surface area contributed by atoms with Gasteiger partial charge in [-0.2, -0.15) is 18.3 Å². The van der Waals surface area contributed by atoms with E-state index in [4.69, 9.17) is 22.1 Å². The van der Waals surface area contributed by atoms with Crippen LogP contribution in [-0.4, -0.2) is 49.6 Å². The third-order valence-corrected chi connectivity index (χ3v) is 6.60. The molecule has 0 aliphatic carbocycles. The van der Waals surface area contributed by atoms with Crippen LogP contribution in [0.5, 0.6) is 11.5 Å². The summed E-state index contributed by atoms with van der Waals surface area (Å²) in [5, 5.41) is 5.73. The molecule has 0 bridgehead atoms. The van der Waals surface area contributed by atoms with E-state index in [-0.39, 0.29) is 58.9 Å². The van der Waals surface area contributed by atoms with E-state index >= 15 is 4.39 Å². The number of amides is 1. The number of rotatable bonds is 7. The van der Waals surface area contributed by atoms with Gasteiger partial charge < -0.3 is 15.8 Å². The molecule has 3 N–H and O–H groups in total. The van der Waals surface area contributed by atoms with E-state index < -0.39 is 41.6 Å². The third kappa shape index (κ3) is 6.11. The van der Waals surface area contributed by atoms with Gasteiger partial charge in [-0.3, -0.25) is 9.69 Å². The second-order valence-corrected chi connectivity index (χ2v) is 9.72. The summed E-state index contributed by atoms with van der Waals surface area (Å²) in [5.41, 5.74) is 3.74. The molecule has 1 aliphatic heterocycles. The highest BCUT2D eigenvalue weighted by molar-refractivity contribution is 6.32. The Bertz CT molecular complexity index is 1650. The van der Waals surface area contributed by atoms with Crippen molar-refractivity contribution in [2.75, 3.05) is 24.1 Å². The number of carbonyl (C=O) groups excluding carboxylic acids is 1. The molecule has 0 unspecified atom stereocenters. The Hall–Kier alpha value is -4.37. The first-order valence-corrected chi connectivity index (χ1v) is 12.6. The Morgan fingerprint density at radius 1 is 1.14 bits per heavy atom. The van der Waals surface area contributed by atoms with Crippen LogP contribution in [0.25, 0.3) is 5.82 Å². The number of hydrogen-bond acceptors (Lipinski definition) is 7. The van der Waals surface area contributed by atoms with E-state index in [1.807, 2.05) is 0 Å². The summed E-state index contributed by atoms with van der Waals surface area (Å²) in [6.07, 6.45) is -2.13. The molecule has 1 fully saturated rings. The number of pyridine rings is 2. The van der Waals surface area contributed by atoms with Gasteiger partial charge in [0.25, 0.3) is 11.8 Å². The molecule has 16 heteroatoms. The fraction of sp³-hybridized carbons (Fsp3) is 0.231. The van der Waals surface area contributed by atoms with Crippen molar-refractivity contribution >= 4 is 29.0 Å². The number of benzene rings is 1. The number of nitrogens with one attached hydrogen (secondary N) is 1. The first kappa shape index (κ1) is 29.1. The smallest absolute Gasteiger partial charge is 0.434 e. The molecule has 42 heavy (non-hydrogen) atoms. The number of ether oxygens (including phenoxy) is 1. The van der Waals surface area contributed by atoms with Gasteiger partial charge in [-0.15, -0.1) is 0 Å². The molecule has 4 aromatic rings. The topological polar surface area (TPSA) is 111 Å². The van der Waals surface area contributed by atoms with E-state index in [0.29, 0.717) is 10.9 Å². The number of nitrogen functional groups attached to an aromatic ring is 1. The fourth-order valence-corrected chi connectivity index (χ4v) is 4.57. The molecule has 9 nitrogen and oxygen atoms in total. The lowest BCUT2D eigenvalue weighted by Gasteiger charge is -2.19. The minimum atomic E-state index is -5.03.